The molecule has 5 N–H and O–H groups in total. The number of hydrogen-bond acceptors (Lipinski definition) is 4. The van der Waals surface area contributed by atoms with Gasteiger partial charge in [0.2, 0.25) is 0 Å². The molecule has 3 amide bonds. The first-order valence-electron chi connectivity index (χ1n) is 5.09. The van der Waals surface area contributed by atoms with E-state index in [4.69, 9.17) is 5.73 Å². The van der Waals surface area contributed by atoms with Gasteiger partial charge in [-0.05, 0) is 12.1 Å². The van der Waals surface area contributed by atoms with E-state index in [-0.39, 0.29) is 5.91 Å². The number of nitrogens with zero attached hydrogens (tertiary/aromatic N) is 1. The molecule has 0 saturated carbocycles. The van der Waals surface area contributed by atoms with Crippen LogP contribution in [0.1, 0.15) is 10.4 Å². The van der Waals surface area contributed by atoms with Crippen LogP contribution in [0.25, 0.3) is 0 Å². The molecule has 0 unspecified atom stereocenters. The summed E-state index contributed by atoms with van der Waals surface area (Å²) in [6.45, 7) is 0.615. The Morgan fingerprint density at radius 3 is 2.71 bits per heavy atom. The van der Waals surface area contributed by atoms with Crippen molar-refractivity contribution in [3.63, 3.8) is 0 Å². The van der Waals surface area contributed by atoms with E-state index >= 15 is 0 Å². The summed E-state index contributed by atoms with van der Waals surface area (Å²) in [5.74, 6) is 0.392. The normalized spacial score (nSPS) is 9.47. The second-order valence-corrected chi connectivity index (χ2v) is 3.23. The average Bonchev–Trinajstić information content (AvgIpc) is 2.34. The molecule has 0 saturated heterocycles. The zero-order valence-electron chi connectivity index (χ0n) is 9.49. The molecule has 0 aliphatic rings. The number of pyridine rings is 1. The van der Waals surface area contributed by atoms with Crippen LogP contribution in [0.4, 0.5) is 10.6 Å². The Hall–Kier alpha value is -2.31. The number of anilines is 1. The van der Waals surface area contributed by atoms with Gasteiger partial charge in [-0.2, -0.15) is 0 Å². The monoisotopic (exact) mass is 237 g/mol. The third kappa shape index (κ3) is 4.37. The fraction of sp³-hybridized carbons (Fsp3) is 0.300. The molecule has 1 aromatic rings. The fourth-order valence-electron chi connectivity index (χ4n) is 1.17. The fourth-order valence-corrected chi connectivity index (χ4v) is 1.17. The third-order valence-corrected chi connectivity index (χ3v) is 1.99. The minimum absolute atomic E-state index is 0.227. The lowest BCUT2D eigenvalue weighted by molar-refractivity contribution is 0.0954. The van der Waals surface area contributed by atoms with Gasteiger partial charge in [-0.15, -0.1) is 0 Å². The zero-order chi connectivity index (χ0) is 12.7. The molecule has 92 valence electrons. The van der Waals surface area contributed by atoms with E-state index in [9.17, 15) is 9.59 Å². The Morgan fingerprint density at radius 2 is 2.06 bits per heavy atom. The third-order valence-electron chi connectivity index (χ3n) is 1.99. The van der Waals surface area contributed by atoms with Crippen LogP contribution in [0.5, 0.6) is 0 Å². The zero-order valence-corrected chi connectivity index (χ0v) is 9.49. The first-order chi connectivity index (χ1) is 8.13. The molecule has 0 atom stereocenters. The molecule has 17 heavy (non-hydrogen) atoms. The number of amides is 3. The van der Waals surface area contributed by atoms with Crippen molar-refractivity contribution < 1.29 is 9.59 Å². The highest BCUT2D eigenvalue weighted by Crippen LogP contribution is 2.05. The average molecular weight is 237 g/mol. The molecule has 0 radical (unpaired) electrons. The van der Waals surface area contributed by atoms with Crippen molar-refractivity contribution >= 4 is 17.8 Å². The van der Waals surface area contributed by atoms with Crippen LogP contribution in [0.3, 0.4) is 0 Å². The molecule has 0 aromatic carbocycles. The van der Waals surface area contributed by atoms with Gasteiger partial charge in [-0.3, -0.25) is 4.79 Å². The molecule has 0 aliphatic carbocycles. The van der Waals surface area contributed by atoms with Crippen molar-refractivity contribution in [2.45, 2.75) is 0 Å². The number of hydrogen-bond donors (Lipinski definition) is 4. The molecular weight excluding hydrogens is 222 g/mol. The standard InChI is InChI=1S/C10H15N5O2/c1-12-8-6-7(2-3-13-8)9(16)14-4-5-15-10(11)17/h2-3,6H,4-5H2,1H3,(H,12,13)(H,14,16)(H3,11,15,17). The van der Waals surface area contributed by atoms with E-state index in [1.54, 1.807) is 25.4 Å². The number of carbonyl (C=O) groups is 2. The predicted molar refractivity (Wildman–Crippen MR) is 63.7 cm³/mol. The molecule has 1 rings (SSSR count). The maximum Gasteiger partial charge on any atom is 0.312 e. The summed E-state index contributed by atoms with van der Waals surface area (Å²) in [7, 11) is 1.72. The van der Waals surface area contributed by atoms with Gasteiger partial charge >= 0.3 is 6.03 Å². The summed E-state index contributed by atoms with van der Waals surface area (Å²) in [6, 6.07) is 2.63. The van der Waals surface area contributed by atoms with Gasteiger partial charge in [-0.1, -0.05) is 0 Å². The van der Waals surface area contributed by atoms with E-state index in [1.165, 1.54) is 0 Å². The maximum atomic E-state index is 11.6. The van der Waals surface area contributed by atoms with Gasteiger partial charge in [0.05, 0.1) is 0 Å². The topological polar surface area (TPSA) is 109 Å². The van der Waals surface area contributed by atoms with Gasteiger partial charge < -0.3 is 21.7 Å². The van der Waals surface area contributed by atoms with Crippen LogP contribution in [-0.4, -0.2) is 37.1 Å². The number of primary amides is 1. The number of nitrogens with two attached hydrogens (primary N) is 1. The van der Waals surface area contributed by atoms with Crippen molar-refractivity contribution in [2.75, 3.05) is 25.5 Å². The summed E-state index contributed by atoms with van der Waals surface area (Å²) in [4.78, 5) is 26.0. The van der Waals surface area contributed by atoms with Crippen molar-refractivity contribution in [1.82, 2.24) is 15.6 Å². The lowest BCUT2D eigenvalue weighted by atomic mass is 10.2. The van der Waals surface area contributed by atoms with Gasteiger partial charge in [0.15, 0.2) is 0 Å². The van der Waals surface area contributed by atoms with Gasteiger partial charge in [0.25, 0.3) is 5.91 Å². The summed E-state index contributed by atoms with van der Waals surface area (Å²) in [6.07, 6.45) is 1.54. The van der Waals surface area contributed by atoms with Crippen LogP contribution in [-0.2, 0) is 0 Å². The number of rotatable bonds is 5. The molecule has 0 bridgehead atoms. The molecule has 7 nitrogen and oxygen atoms in total. The van der Waals surface area contributed by atoms with Crippen LogP contribution in [0.15, 0.2) is 18.3 Å². The van der Waals surface area contributed by atoms with Gasteiger partial charge in [0, 0.05) is 31.9 Å². The SMILES string of the molecule is CNc1cc(C(=O)NCCNC(N)=O)ccn1. The summed E-state index contributed by atoms with van der Waals surface area (Å²) in [5, 5.41) is 7.85. The quantitative estimate of drug-likeness (QED) is 0.518. The highest BCUT2D eigenvalue weighted by molar-refractivity contribution is 5.94. The molecule has 1 heterocycles. The van der Waals surface area contributed by atoms with E-state index in [2.05, 4.69) is 20.9 Å². The summed E-state index contributed by atoms with van der Waals surface area (Å²) < 4.78 is 0. The van der Waals surface area contributed by atoms with Gasteiger partial charge in [0.1, 0.15) is 5.82 Å². The minimum atomic E-state index is -0.611. The van der Waals surface area contributed by atoms with E-state index in [0.717, 1.165) is 0 Å². The Kier molecular flexibility index (Phi) is 4.74. The summed E-state index contributed by atoms with van der Waals surface area (Å²) >= 11 is 0. The first-order valence-corrected chi connectivity index (χ1v) is 5.09. The molecular formula is C10H15N5O2. The Labute approximate surface area is 98.8 Å². The molecule has 7 heteroatoms. The predicted octanol–water partition coefficient (Wildman–Crippen LogP) is -0.479. The number of urea groups is 1. The van der Waals surface area contributed by atoms with E-state index < -0.39 is 6.03 Å². The van der Waals surface area contributed by atoms with Crippen molar-refractivity contribution in [3.8, 4) is 0 Å². The van der Waals surface area contributed by atoms with Crippen LogP contribution >= 0.6 is 0 Å². The first kappa shape index (κ1) is 12.8. The Balaban J connectivity index is 2.43. The second-order valence-electron chi connectivity index (χ2n) is 3.23. The van der Waals surface area contributed by atoms with Crippen molar-refractivity contribution in [2.24, 2.45) is 5.73 Å². The number of nitrogens with one attached hydrogen (secondary N) is 3. The van der Waals surface area contributed by atoms with E-state index in [1.807, 2.05) is 0 Å². The molecule has 1 aromatic heterocycles. The Bertz CT molecular complexity index is 407. The largest absolute Gasteiger partial charge is 0.373 e. The highest BCUT2D eigenvalue weighted by atomic mass is 16.2. The molecule has 0 aliphatic heterocycles. The van der Waals surface area contributed by atoms with Crippen LogP contribution < -0.4 is 21.7 Å². The van der Waals surface area contributed by atoms with Gasteiger partial charge in [-0.25, -0.2) is 9.78 Å². The molecule has 0 fully saturated rings. The number of carbonyl (C=O) groups excluding carboxylic acids is 2. The number of aromatic nitrogens is 1. The Morgan fingerprint density at radius 1 is 1.35 bits per heavy atom. The lowest BCUT2D eigenvalue weighted by Crippen LogP contribution is -2.37. The second kappa shape index (κ2) is 6.31. The van der Waals surface area contributed by atoms with Crippen molar-refractivity contribution in [1.29, 1.82) is 0 Å². The maximum absolute atomic E-state index is 11.6. The summed E-state index contributed by atoms with van der Waals surface area (Å²) in [5.41, 5.74) is 5.38. The minimum Gasteiger partial charge on any atom is -0.373 e. The smallest absolute Gasteiger partial charge is 0.312 e. The van der Waals surface area contributed by atoms with Crippen molar-refractivity contribution in [3.05, 3.63) is 23.9 Å². The molecule has 0 spiro atoms. The lowest BCUT2D eigenvalue weighted by Gasteiger charge is -2.06. The van der Waals surface area contributed by atoms with Crippen LogP contribution in [0.2, 0.25) is 0 Å². The highest BCUT2D eigenvalue weighted by Gasteiger charge is 2.05. The van der Waals surface area contributed by atoms with Crippen LogP contribution in [0, 0.1) is 0 Å². The van der Waals surface area contributed by atoms with E-state index in [0.29, 0.717) is 24.5 Å².